The molecule has 0 spiro atoms. The number of likely N-dealkylation sites (tertiary alicyclic amines) is 1. The monoisotopic (exact) mass is 296 g/mol. The fraction of sp³-hybridized carbons (Fsp3) is 0.333. The summed E-state index contributed by atoms with van der Waals surface area (Å²) in [5.41, 5.74) is 0.659. The zero-order chi connectivity index (χ0) is 15.4. The summed E-state index contributed by atoms with van der Waals surface area (Å²) < 4.78 is 0. The van der Waals surface area contributed by atoms with Crippen molar-refractivity contribution in [1.82, 2.24) is 10.2 Å². The Morgan fingerprint density at radius 1 is 1.00 bits per heavy atom. The highest BCUT2D eigenvalue weighted by atomic mass is 16.2. The van der Waals surface area contributed by atoms with E-state index in [0.717, 1.165) is 36.7 Å². The number of nitrogens with one attached hydrogen (secondary N) is 1. The zero-order valence-corrected chi connectivity index (χ0v) is 12.5. The Kier molecular flexibility index (Phi) is 4.37. The van der Waals surface area contributed by atoms with Gasteiger partial charge in [0.25, 0.3) is 5.91 Å². The van der Waals surface area contributed by atoms with E-state index in [1.54, 1.807) is 0 Å². The summed E-state index contributed by atoms with van der Waals surface area (Å²) in [6.45, 7) is 2.10. The Labute approximate surface area is 130 Å². The summed E-state index contributed by atoms with van der Waals surface area (Å²) in [5, 5.41) is 4.84. The number of benzene rings is 2. The number of hydrogen-bond acceptors (Lipinski definition) is 2. The molecule has 0 aliphatic carbocycles. The molecule has 1 aliphatic heterocycles. The van der Waals surface area contributed by atoms with Gasteiger partial charge in [0.15, 0.2) is 0 Å². The Morgan fingerprint density at radius 3 is 2.55 bits per heavy atom. The molecule has 1 N–H and O–H groups in total. The smallest absolute Gasteiger partial charge is 0.251 e. The molecule has 0 bridgehead atoms. The zero-order valence-electron chi connectivity index (χ0n) is 12.5. The first-order chi connectivity index (χ1) is 10.8. The minimum atomic E-state index is -0.119. The fourth-order valence-corrected chi connectivity index (χ4v) is 2.93. The van der Waals surface area contributed by atoms with E-state index in [4.69, 9.17) is 0 Å². The largest absolute Gasteiger partial charge is 0.352 e. The predicted molar refractivity (Wildman–Crippen MR) is 86.7 cm³/mol. The van der Waals surface area contributed by atoms with Gasteiger partial charge in [0, 0.05) is 31.6 Å². The van der Waals surface area contributed by atoms with Gasteiger partial charge in [-0.05, 0) is 29.7 Å². The van der Waals surface area contributed by atoms with Gasteiger partial charge in [0.2, 0.25) is 5.91 Å². The topological polar surface area (TPSA) is 49.4 Å². The van der Waals surface area contributed by atoms with Crippen LogP contribution in [0.2, 0.25) is 0 Å². The average molecular weight is 296 g/mol. The maximum Gasteiger partial charge on any atom is 0.251 e. The van der Waals surface area contributed by atoms with E-state index in [1.165, 1.54) is 0 Å². The van der Waals surface area contributed by atoms with Crippen LogP contribution in [-0.2, 0) is 4.79 Å². The molecule has 2 amide bonds. The van der Waals surface area contributed by atoms with Gasteiger partial charge in [-0.2, -0.15) is 0 Å². The fourth-order valence-electron chi connectivity index (χ4n) is 2.93. The minimum absolute atomic E-state index is 0.119. The average Bonchev–Trinajstić information content (AvgIpc) is 3.08. The minimum Gasteiger partial charge on any atom is -0.352 e. The molecule has 0 saturated carbocycles. The molecule has 114 valence electrons. The molecule has 2 aromatic carbocycles. The summed E-state index contributed by atoms with van der Waals surface area (Å²) in [4.78, 5) is 26.2. The SMILES string of the molecule is O=C(NCCC(=O)N1CCCC1)c1cccc2ccccc12. The Morgan fingerprint density at radius 2 is 1.73 bits per heavy atom. The first-order valence-corrected chi connectivity index (χ1v) is 7.79. The Bertz CT molecular complexity index is 685. The van der Waals surface area contributed by atoms with Crippen LogP contribution < -0.4 is 5.32 Å². The van der Waals surface area contributed by atoms with Crippen LogP contribution in [-0.4, -0.2) is 36.3 Å². The lowest BCUT2D eigenvalue weighted by atomic mass is 10.0. The third kappa shape index (κ3) is 3.11. The number of hydrogen-bond donors (Lipinski definition) is 1. The molecular weight excluding hydrogens is 276 g/mol. The van der Waals surface area contributed by atoms with Crippen LogP contribution in [0.1, 0.15) is 29.6 Å². The van der Waals surface area contributed by atoms with Crippen LogP contribution in [0.4, 0.5) is 0 Å². The second-order valence-electron chi connectivity index (χ2n) is 5.62. The van der Waals surface area contributed by atoms with E-state index >= 15 is 0 Å². The molecule has 0 radical (unpaired) electrons. The second-order valence-corrected chi connectivity index (χ2v) is 5.62. The quantitative estimate of drug-likeness (QED) is 0.942. The number of amides is 2. The van der Waals surface area contributed by atoms with Gasteiger partial charge in [-0.25, -0.2) is 0 Å². The van der Waals surface area contributed by atoms with Gasteiger partial charge in [0.05, 0.1) is 0 Å². The molecule has 0 aromatic heterocycles. The molecule has 4 heteroatoms. The highest BCUT2D eigenvalue weighted by molar-refractivity contribution is 6.07. The van der Waals surface area contributed by atoms with Crippen LogP contribution in [0.15, 0.2) is 42.5 Å². The van der Waals surface area contributed by atoms with Crippen LogP contribution in [0.5, 0.6) is 0 Å². The summed E-state index contributed by atoms with van der Waals surface area (Å²) in [6.07, 6.45) is 2.55. The molecular formula is C18H20N2O2. The molecule has 2 aromatic rings. The lowest BCUT2D eigenvalue weighted by molar-refractivity contribution is -0.129. The predicted octanol–water partition coefficient (Wildman–Crippen LogP) is 2.58. The van der Waals surface area contributed by atoms with Gasteiger partial charge < -0.3 is 10.2 Å². The number of fused-ring (bicyclic) bond motifs is 1. The molecule has 1 heterocycles. The lowest BCUT2D eigenvalue weighted by Gasteiger charge is -2.15. The van der Waals surface area contributed by atoms with Gasteiger partial charge >= 0.3 is 0 Å². The van der Waals surface area contributed by atoms with Gasteiger partial charge in [-0.3, -0.25) is 9.59 Å². The van der Waals surface area contributed by atoms with Crippen molar-refractivity contribution in [2.75, 3.05) is 19.6 Å². The van der Waals surface area contributed by atoms with Gasteiger partial charge in [-0.1, -0.05) is 36.4 Å². The molecule has 1 saturated heterocycles. The van der Waals surface area contributed by atoms with E-state index in [-0.39, 0.29) is 11.8 Å². The standard InChI is InChI=1S/C18H20N2O2/c21-17(20-12-3-4-13-20)10-11-19-18(22)16-9-5-7-14-6-1-2-8-15(14)16/h1-2,5-9H,3-4,10-13H2,(H,19,22). The van der Waals surface area contributed by atoms with E-state index in [9.17, 15) is 9.59 Å². The first kappa shape index (κ1) is 14.6. The highest BCUT2D eigenvalue weighted by Crippen LogP contribution is 2.18. The molecule has 0 atom stereocenters. The third-order valence-electron chi connectivity index (χ3n) is 4.12. The summed E-state index contributed by atoms with van der Waals surface area (Å²) >= 11 is 0. The van der Waals surface area contributed by atoms with Crippen molar-refractivity contribution in [3.8, 4) is 0 Å². The van der Waals surface area contributed by atoms with E-state index in [0.29, 0.717) is 18.5 Å². The maximum atomic E-state index is 12.3. The van der Waals surface area contributed by atoms with E-state index in [1.807, 2.05) is 47.4 Å². The van der Waals surface area contributed by atoms with Crippen LogP contribution in [0, 0.1) is 0 Å². The number of carbonyl (C=O) groups is 2. The molecule has 4 nitrogen and oxygen atoms in total. The van der Waals surface area contributed by atoms with Crippen LogP contribution >= 0.6 is 0 Å². The normalized spacial score (nSPS) is 14.3. The Balaban J connectivity index is 1.60. The van der Waals surface area contributed by atoms with Crippen molar-refractivity contribution >= 4 is 22.6 Å². The molecule has 0 unspecified atom stereocenters. The summed E-state index contributed by atoms with van der Waals surface area (Å²) in [5.74, 6) is 0.0155. The number of carbonyl (C=O) groups excluding carboxylic acids is 2. The van der Waals surface area contributed by atoms with Crippen molar-refractivity contribution in [2.24, 2.45) is 0 Å². The van der Waals surface area contributed by atoms with Crippen molar-refractivity contribution in [1.29, 1.82) is 0 Å². The van der Waals surface area contributed by atoms with Crippen molar-refractivity contribution < 1.29 is 9.59 Å². The molecule has 22 heavy (non-hydrogen) atoms. The third-order valence-corrected chi connectivity index (χ3v) is 4.12. The summed E-state index contributed by atoms with van der Waals surface area (Å²) in [7, 11) is 0. The molecule has 1 aliphatic rings. The highest BCUT2D eigenvalue weighted by Gasteiger charge is 2.17. The second kappa shape index (κ2) is 6.60. The maximum absolute atomic E-state index is 12.3. The van der Waals surface area contributed by atoms with Crippen molar-refractivity contribution in [3.63, 3.8) is 0 Å². The van der Waals surface area contributed by atoms with Crippen molar-refractivity contribution in [2.45, 2.75) is 19.3 Å². The van der Waals surface area contributed by atoms with Gasteiger partial charge in [0.1, 0.15) is 0 Å². The van der Waals surface area contributed by atoms with E-state index in [2.05, 4.69) is 5.32 Å². The van der Waals surface area contributed by atoms with Crippen LogP contribution in [0.25, 0.3) is 10.8 Å². The number of rotatable bonds is 4. The first-order valence-electron chi connectivity index (χ1n) is 7.79. The Hall–Kier alpha value is -2.36. The lowest BCUT2D eigenvalue weighted by Crippen LogP contribution is -2.32. The van der Waals surface area contributed by atoms with E-state index < -0.39 is 0 Å². The van der Waals surface area contributed by atoms with Crippen molar-refractivity contribution in [3.05, 3.63) is 48.0 Å². The molecule has 3 rings (SSSR count). The van der Waals surface area contributed by atoms with Crippen LogP contribution in [0.3, 0.4) is 0 Å². The molecule has 1 fully saturated rings. The number of nitrogens with zero attached hydrogens (tertiary/aromatic N) is 1. The summed E-state index contributed by atoms with van der Waals surface area (Å²) in [6, 6.07) is 13.5. The van der Waals surface area contributed by atoms with Gasteiger partial charge in [-0.15, -0.1) is 0 Å².